The van der Waals surface area contributed by atoms with Crippen LogP contribution < -0.4 is 5.73 Å². The molecule has 0 atom stereocenters. The summed E-state index contributed by atoms with van der Waals surface area (Å²) in [4.78, 5) is 8.78. The molecule has 2 heterocycles. The summed E-state index contributed by atoms with van der Waals surface area (Å²) in [5.41, 5.74) is 4.03. The third-order valence-electron chi connectivity index (χ3n) is 2.37. The van der Waals surface area contributed by atoms with Crippen molar-refractivity contribution in [3.63, 3.8) is 0 Å². The highest BCUT2D eigenvalue weighted by Crippen LogP contribution is 2.34. The van der Waals surface area contributed by atoms with E-state index in [0.29, 0.717) is 0 Å². The lowest BCUT2D eigenvalue weighted by Crippen LogP contribution is -2.12. The average Bonchev–Trinajstić information content (AvgIpc) is 2.87. The Bertz CT molecular complexity index is 187. The fraction of sp³-hybridized carbons (Fsp3) is 0.889. The Balaban J connectivity index is 0.000000280. The van der Waals surface area contributed by atoms with Gasteiger partial charge in [-0.15, -0.1) is 0 Å². The fourth-order valence-electron chi connectivity index (χ4n) is 1.62. The summed E-state index contributed by atoms with van der Waals surface area (Å²) < 4.78 is 4.98. The van der Waals surface area contributed by atoms with Gasteiger partial charge in [0.25, 0.3) is 0 Å². The van der Waals surface area contributed by atoms with E-state index < -0.39 is 6.09 Å². The van der Waals surface area contributed by atoms with Crippen LogP contribution in [-0.4, -0.2) is 46.0 Å². The van der Waals surface area contributed by atoms with Crippen LogP contribution in [0, 0.1) is 0 Å². The second-order valence-corrected chi connectivity index (χ2v) is 5.98. The van der Waals surface area contributed by atoms with Crippen LogP contribution in [0.1, 0.15) is 25.7 Å². The number of hydrogen-bond donors (Lipinski definition) is 2. The van der Waals surface area contributed by atoms with Crippen molar-refractivity contribution in [1.29, 1.82) is 0 Å². The summed E-state index contributed by atoms with van der Waals surface area (Å²) in [6.45, 7) is 5.19. The van der Waals surface area contributed by atoms with Crippen LogP contribution in [0.25, 0.3) is 0 Å². The number of nitrogens with zero attached hydrogens (tertiary/aromatic N) is 2. The molecule has 5 nitrogen and oxygen atoms in total. The first-order valence-electron chi connectivity index (χ1n) is 5.51. The van der Waals surface area contributed by atoms with E-state index >= 15 is 0 Å². The third kappa shape index (κ3) is 6.47. The summed E-state index contributed by atoms with van der Waals surface area (Å²) in [7, 11) is 3.91. The SMILES string of the molecule is C1CCN(SSN2CCCC2)C1.NC(=O)O. The van der Waals surface area contributed by atoms with Crippen LogP contribution in [0.4, 0.5) is 4.79 Å². The topological polar surface area (TPSA) is 69.8 Å². The summed E-state index contributed by atoms with van der Waals surface area (Å²) in [5.74, 6) is 0. The molecule has 16 heavy (non-hydrogen) atoms. The van der Waals surface area contributed by atoms with E-state index in [-0.39, 0.29) is 0 Å². The first-order chi connectivity index (χ1) is 7.68. The van der Waals surface area contributed by atoms with Gasteiger partial charge in [0.2, 0.25) is 0 Å². The second kappa shape index (κ2) is 8.05. The predicted octanol–water partition coefficient (Wildman–Crippen LogP) is 2.01. The van der Waals surface area contributed by atoms with E-state index in [1.165, 1.54) is 51.9 Å². The Labute approximate surface area is 104 Å². The number of hydrogen-bond acceptors (Lipinski definition) is 5. The van der Waals surface area contributed by atoms with Crippen molar-refractivity contribution < 1.29 is 9.90 Å². The predicted molar refractivity (Wildman–Crippen MR) is 69.0 cm³/mol. The van der Waals surface area contributed by atoms with Crippen molar-refractivity contribution in [1.82, 2.24) is 8.61 Å². The minimum absolute atomic E-state index is 1.30. The Kier molecular flexibility index (Phi) is 7.02. The molecule has 2 saturated heterocycles. The maximum absolute atomic E-state index is 8.78. The number of amides is 1. The molecule has 2 fully saturated rings. The summed E-state index contributed by atoms with van der Waals surface area (Å²) in [6.07, 6.45) is 4.25. The molecule has 0 saturated carbocycles. The highest BCUT2D eigenvalue weighted by Gasteiger charge is 2.17. The third-order valence-corrected chi connectivity index (χ3v) is 5.06. The summed E-state index contributed by atoms with van der Waals surface area (Å²) >= 11 is 0. The van der Waals surface area contributed by atoms with Gasteiger partial charge in [-0.3, -0.25) is 0 Å². The quantitative estimate of drug-likeness (QED) is 0.601. The Morgan fingerprint density at radius 3 is 1.44 bits per heavy atom. The molecule has 7 heteroatoms. The first-order valence-corrected chi connectivity index (χ1v) is 7.58. The zero-order valence-electron chi connectivity index (χ0n) is 9.30. The normalized spacial score (nSPS) is 21.8. The van der Waals surface area contributed by atoms with Gasteiger partial charge in [-0.2, -0.15) is 0 Å². The zero-order chi connectivity index (χ0) is 11.8. The van der Waals surface area contributed by atoms with Crippen molar-refractivity contribution >= 4 is 28.1 Å². The van der Waals surface area contributed by atoms with E-state index in [0.717, 1.165) is 0 Å². The molecule has 2 aliphatic rings. The monoisotopic (exact) mass is 265 g/mol. The van der Waals surface area contributed by atoms with E-state index in [2.05, 4.69) is 14.3 Å². The fourth-order valence-corrected chi connectivity index (χ4v) is 4.08. The van der Waals surface area contributed by atoms with E-state index in [4.69, 9.17) is 9.90 Å². The van der Waals surface area contributed by atoms with Gasteiger partial charge >= 0.3 is 6.09 Å². The lowest BCUT2D eigenvalue weighted by Gasteiger charge is -2.17. The van der Waals surface area contributed by atoms with Crippen LogP contribution in [0.15, 0.2) is 0 Å². The molecule has 0 spiro atoms. The van der Waals surface area contributed by atoms with Crippen molar-refractivity contribution in [3.05, 3.63) is 0 Å². The largest absolute Gasteiger partial charge is 0.465 e. The molecule has 0 aromatic rings. The van der Waals surface area contributed by atoms with Crippen molar-refractivity contribution in [2.75, 3.05) is 26.2 Å². The Morgan fingerprint density at radius 1 is 0.938 bits per heavy atom. The molecule has 2 aliphatic heterocycles. The first kappa shape index (κ1) is 14.0. The van der Waals surface area contributed by atoms with Crippen LogP contribution >= 0.6 is 22.0 Å². The molecule has 0 radical (unpaired) electrons. The number of carbonyl (C=O) groups is 1. The molecule has 2 rings (SSSR count). The van der Waals surface area contributed by atoms with Crippen LogP contribution in [-0.2, 0) is 0 Å². The van der Waals surface area contributed by atoms with Crippen LogP contribution in [0.5, 0.6) is 0 Å². The molecule has 94 valence electrons. The molecule has 0 unspecified atom stereocenters. The van der Waals surface area contributed by atoms with Crippen molar-refractivity contribution in [2.24, 2.45) is 5.73 Å². The second-order valence-electron chi connectivity index (χ2n) is 3.76. The number of carboxylic acid groups (broad SMARTS) is 1. The van der Waals surface area contributed by atoms with Gasteiger partial charge < -0.3 is 10.8 Å². The van der Waals surface area contributed by atoms with Gasteiger partial charge in [0.05, 0.1) is 0 Å². The molecule has 0 aromatic carbocycles. The van der Waals surface area contributed by atoms with Gasteiger partial charge in [-0.05, 0) is 25.7 Å². The highest BCUT2D eigenvalue weighted by atomic mass is 33.1. The minimum Gasteiger partial charge on any atom is -0.465 e. The van der Waals surface area contributed by atoms with Gasteiger partial charge in [0, 0.05) is 48.1 Å². The van der Waals surface area contributed by atoms with E-state index in [1.807, 2.05) is 22.0 Å². The number of rotatable bonds is 3. The maximum Gasteiger partial charge on any atom is 0.402 e. The average molecular weight is 265 g/mol. The summed E-state index contributed by atoms with van der Waals surface area (Å²) in [6, 6.07) is 0. The standard InChI is InChI=1S/C8H16N2S2.CH3NO2/c1-2-6-9(5-1)11-12-10-7-3-4-8-10;2-1(3)4/h1-8H2;2H2,(H,3,4). The highest BCUT2D eigenvalue weighted by molar-refractivity contribution is 8.74. The lowest BCUT2D eigenvalue weighted by atomic mass is 10.4. The molecule has 0 aliphatic carbocycles. The molecular weight excluding hydrogens is 246 g/mol. The van der Waals surface area contributed by atoms with Gasteiger partial charge in [-0.25, -0.2) is 13.4 Å². The smallest absolute Gasteiger partial charge is 0.402 e. The maximum atomic E-state index is 8.78. The van der Waals surface area contributed by atoms with Crippen molar-refractivity contribution in [2.45, 2.75) is 25.7 Å². The Morgan fingerprint density at radius 2 is 1.19 bits per heavy atom. The van der Waals surface area contributed by atoms with Crippen LogP contribution in [0.2, 0.25) is 0 Å². The van der Waals surface area contributed by atoms with Crippen molar-refractivity contribution in [3.8, 4) is 0 Å². The van der Waals surface area contributed by atoms with E-state index in [1.54, 1.807) is 0 Å². The van der Waals surface area contributed by atoms with Gasteiger partial charge in [0.15, 0.2) is 0 Å². The number of nitrogens with two attached hydrogens (primary N) is 1. The molecule has 1 amide bonds. The van der Waals surface area contributed by atoms with Gasteiger partial charge in [0.1, 0.15) is 0 Å². The Hall–Kier alpha value is -0.110. The molecule has 3 N–H and O–H groups in total. The number of primary amides is 1. The zero-order valence-corrected chi connectivity index (χ0v) is 10.9. The molecule has 0 aromatic heterocycles. The van der Waals surface area contributed by atoms with Gasteiger partial charge in [-0.1, -0.05) is 0 Å². The summed E-state index contributed by atoms with van der Waals surface area (Å²) in [5, 5.41) is 7.19. The lowest BCUT2D eigenvalue weighted by molar-refractivity contribution is 0.205. The molecule has 0 bridgehead atoms. The van der Waals surface area contributed by atoms with E-state index in [9.17, 15) is 0 Å². The molecular formula is C9H19N3O2S2. The van der Waals surface area contributed by atoms with Crippen LogP contribution in [0.3, 0.4) is 0 Å². The minimum atomic E-state index is -1.33.